The Kier molecular flexibility index (Phi) is 2.89. The van der Waals surface area contributed by atoms with Gasteiger partial charge in [-0.25, -0.2) is 0 Å². The molecule has 0 amide bonds. The standard InChI is InChI=1S/C11H13Cl2N/c1-7-5-6-10(7)14-11-8(12)3-2-4-9(11)13/h2-4,7,10,14H,5-6H2,1H3. The van der Waals surface area contributed by atoms with Crippen molar-refractivity contribution in [2.45, 2.75) is 25.8 Å². The first-order valence-corrected chi connectivity index (χ1v) is 5.64. The molecule has 0 radical (unpaired) electrons. The minimum absolute atomic E-state index is 0.535. The highest BCUT2D eigenvalue weighted by atomic mass is 35.5. The van der Waals surface area contributed by atoms with Crippen molar-refractivity contribution in [1.82, 2.24) is 0 Å². The first-order chi connectivity index (χ1) is 6.68. The summed E-state index contributed by atoms with van der Waals surface area (Å²) in [6.07, 6.45) is 2.50. The zero-order valence-corrected chi connectivity index (χ0v) is 9.57. The predicted molar refractivity (Wildman–Crippen MR) is 62.3 cm³/mol. The van der Waals surface area contributed by atoms with E-state index in [0.717, 1.165) is 11.6 Å². The van der Waals surface area contributed by atoms with Gasteiger partial charge in [-0.15, -0.1) is 0 Å². The highest BCUT2D eigenvalue weighted by Gasteiger charge is 2.27. The second kappa shape index (κ2) is 4.00. The van der Waals surface area contributed by atoms with Crippen molar-refractivity contribution in [3.63, 3.8) is 0 Å². The molecule has 0 heterocycles. The Morgan fingerprint density at radius 3 is 2.29 bits per heavy atom. The third-order valence-corrected chi connectivity index (χ3v) is 3.54. The molecule has 1 aromatic carbocycles. The number of nitrogens with one attached hydrogen (secondary N) is 1. The Bertz CT molecular complexity index is 318. The maximum absolute atomic E-state index is 6.06. The lowest BCUT2D eigenvalue weighted by molar-refractivity contribution is 0.303. The monoisotopic (exact) mass is 229 g/mol. The molecular formula is C11H13Cl2N. The van der Waals surface area contributed by atoms with Gasteiger partial charge in [0.25, 0.3) is 0 Å². The van der Waals surface area contributed by atoms with Gasteiger partial charge >= 0.3 is 0 Å². The van der Waals surface area contributed by atoms with Crippen molar-refractivity contribution in [3.05, 3.63) is 28.2 Å². The van der Waals surface area contributed by atoms with E-state index in [2.05, 4.69) is 12.2 Å². The normalized spacial score (nSPS) is 25.6. The van der Waals surface area contributed by atoms with Gasteiger partial charge in [-0.2, -0.15) is 0 Å². The van der Waals surface area contributed by atoms with Crippen molar-refractivity contribution in [2.24, 2.45) is 5.92 Å². The van der Waals surface area contributed by atoms with Crippen LogP contribution in [0.1, 0.15) is 19.8 Å². The van der Waals surface area contributed by atoms with Gasteiger partial charge in [-0.1, -0.05) is 36.2 Å². The van der Waals surface area contributed by atoms with Gasteiger partial charge in [-0.05, 0) is 30.9 Å². The van der Waals surface area contributed by atoms with Crippen LogP contribution in [-0.4, -0.2) is 6.04 Å². The molecule has 0 bridgehead atoms. The Morgan fingerprint density at radius 2 is 1.86 bits per heavy atom. The number of hydrogen-bond donors (Lipinski definition) is 1. The third kappa shape index (κ3) is 1.84. The van der Waals surface area contributed by atoms with Crippen LogP contribution < -0.4 is 5.32 Å². The van der Waals surface area contributed by atoms with Gasteiger partial charge in [0.2, 0.25) is 0 Å². The highest BCUT2D eigenvalue weighted by molar-refractivity contribution is 6.39. The van der Waals surface area contributed by atoms with Crippen LogP contribution in [0.5, 0.6) is 0 Å². The third-order valence-electron chi connectivity index (χ3n) is 2.91. The van der Waals surface area contributed by atoms with Crippen LogP contribution in [0.4, 0.5) is 5.69 Å². The molecule has 76 valence electrons. The lowest BCUT2D eigenvalue weighted by atomic mass is 9.81. The maximum Gasteiger partial charge on any atom is 0.0721 e. The molecule has 0 aromatic heterocycles. The second-order valence-corrected chi connectivity index (χ2v) is 4.72. The van der Waals surface area contributed by atoms with E-state index < -0.39 is 0 Å². The SMILES string of the molecule is CC1CCC1Nc1c(Cl)cccc1Cl. The number of benzene rings is 1. The van der Waals surface area contributed by atoms with Crippen LogP contribution in [0.2, 0.25) is 10.0 Å². The summed E-state index contributed by atoms with van der Waals surface area (Å²) >= 11 is 12.1. The molecule has 3 heteroatoms. The number of anilines is 1. The average molecular weight is 230 g/mol. The Hall–Kier alpha value is -0.400. The molecule has 1 fully saturated rings. The Morgan fingerprint density at radius 1 is 1.21 bits per heavy atom. The van der Waals surface area contributed by atoms with Crippen molar-refractivity contribution in [2.75, 3.05) is 5.32 Å². The molecule has 1 aliphatic carbocycles. The molecule has 0 aliphatic heterocycles. The highest BCUT2D eigenvalue weighted by Crippen LogP contribution is 2.35. The fraction of sp³-hybridized carbons (Fsp3) is 0.455. The van der Waals surface area contributed by atoms with Crippen molar-refractivity contribution in [1.29, 1.82) is 0 Å². The zero-order chi connectivity index (χ0) is 10.1. The van der Waals surface area contributed by atoms with E-state index in [4.69, 9.17) is 23.2 Å². The van der Waals surface area contributed by atoms with Crippen LogP contribution in [0.25, 0.3) is 0 Å². The summed E-state index contributed by atoms with van der Waals surface area (Å²) in [6, 6.07) is 6.12. The van der Waals surface area contributed by atoms with E-state index in [1.807, 2.05) is 18.2 Å². The fourth-order valence-electron chi connectivity index (χ4n) is 1.70. The Labute approximate surface area is 94.4 Å². The second-order valence-electron chi connectivity index (χ2n) is 3.90. The van der Waals surface area contributed by atoms with Crippen LogP contribution >= 0.6 is 23.2 Å². The Balaban J connectivity index is 2.15. The first-order valence-electron chi connectivity index (χ1n) is 4.89. The zero-order valence-electron chi connectivity index (χ0n) is 8.06. The van der Waals surface area contributed by atoms with Gasteiger partial charge in [0, 0.05) is 6.04 Å². The number of para-hydroxylation sites is 1. The quantitative estimate of drug-likeness (QED) is 0.802. The molecule has 14 heavy (non-hydrogen) atoms. The first kappa shape index (κ1) is 10.1. The van der Waals surface area contributed by atoms with Crippen LogP contribution in [0.15, 0.2) is 18.2 Å². The fourth-order valence-corrected chi connectivity index (χ4v) is 2.21. The molecule has 1 saturated carbocycles. The van der Waals surface area contributed by atoms with Crippen molar-refractivity contribution in [3.8, 4) is 0 Å². The number of rotatable bonds is 2. The van der Waals surface area contributed by atoms with Crippen molar-refractivity contribution >= 4 is 28.9 Å². The van der Waals surface area contributed by atoms with Gasteiger partial charge in [0.1, 0.15) is 0 Å². The van der Waals surface area contributed by atoms with E-state index in [1.165, 1.54) is 12.8 Å². The summed E-state index contributed by atoms with van der Waals surface area (Å²) in [5.74, 6) is 0.724. The molecule has 0 spiro atoms. The number of halogens is 2. The van der Waals surface area contributed by atoms with E-state index in [9.17, 15) is 0 Å². The molecular weight excluding hydrogens is 217 g/mol. The van der Waals surface area contributed by atoms with Gasteiger partial charge in [-0.3, -0.25) is 0 Å². The largest absolute Gasteiger partial charge is 0.380 e. The number of hydrogen-bond acceptors (Lipinski definition) is 1. The maximum atomic E-state index is 6.06. The van der Waals surface area contributed by atoms with E-state index in [-0.39, 0.29) is 0 Å². The molecule has 1 nitrogen and oxygen atoms in total. The molecule has 2 unspecified atom stereocenters. The summed E-state index contributed by atoms with van der Waals surface area (Å²) in [5, 5.41) is 4.81. The minimum atomic E-state index is 0.535. The lowest BCUT2D eigenvalue weighted by Crippen LogP contribution is -2.36. The predicted octanol–water partition coefficient (Wildman–Crippen LogP) is 4.20. The van der Waals surface area contributed by atoms with E-state index in [1.54, 1.807) is 0 Å². The summed E-state index contributed by atoms with van der Waals surface area (Å²) in [7, 11) is 0. The van der Waals surface area contributed by atoms with E-state index in [0.29, 0.717) is 16.1 Å². The molecule has 1 N–H and O–H groups in total. The van der Waals surface area contributed by atoms with Crippen LogP contribution in [0, 0.1) is 5.92 Å². The van der Waals surface area contributed by atoms with Crippen LogP contribution in [0.3, 0.4) is 0 Å². The summed E-state index contributed by atoms with van der Waals surface area (Å²) < 4.78 is 0. The molecule has 0 saturated heterocycles. The van der Waals surface area contributed by atoms with Gasteiger partial charge < -0.3 is 5.32 Å². The molecule has 1 aliphatic rings. The molecule has 1 aromatic rings. The summed E-state index contributed by atoms with van der Waals surface area (Å²) in [6.45, 7) is 2.24. The van der Waals surface area contributed by atoms with Gasteiger partial charge in [0.15, 0.2) is 0 Å². The lowest BCUT2D eigenvalue weighted by Gasteiger charge is -2.35. The average Bonchev–Trinajstić information content (AvgIpc) is 2.15. The summed E-state index contributed by atoms with van der Waals surface area (Å²) in [5.41, 5.74) is 0.882. The topological polar surface area (TPSA) is 12.0 Å². The smallest absolute Gasteiger partial charge is 0.0721 e. The van der Waals surface area contributed by atoms with Gasteiger partial charge in [0.05, 0.1) is 15.7 Å². The molecule has 2 rings (SSSR count). The van der Waals surface area contributed by atoms with Crippen LogP contribution in [-0.2, 0) is 0 Å². The van der Waals surface area contributed by atoms with Crippen molar-refractivity contribution < 1.29 is 0 Å². The minimum Gasteiger partial charge on any atom is -0.380 e. The molecule has 2 atom stereocenters. The summed E-state index contributed by atoms with van der Waals surface area (Å²) in [4.78, 5) is 0. The van der Waals surface area contributed by atoms with E-state index >= 15 is 0 Å².